The summed E-state index contributed by atoms with van der Waals surface area (Å²) in [5.74, 6) is 0. The fraction of sp³-hybridized carbons (Fsp3) is 0.429. The molecule has 0 saturated carbocycles. The molecule has 0 spiro atoms. The summed E-state index contributed by atoms with van der Waals surface area (Å²) in [5.41, 5.74) is 0. The second kappa shape index (κ2) is 3.56. The van der Waals surface area contributed by atoms with Gasteiger partial charge in [0, 0.05) is 11.7 Å². The van der Waals surface area contributed by atoms with Crippen molar-refractivity contribution in [3.63, 3.8) is 0 Å². The SMILES string of the molecule is O=CCCC1C=CC(=O)S1. The van der Waals surface area contributed by atoms with Crippen LogP contribution >= 0.6 is 11.8 Å². The van der Waals surface area contributed by atoms with Gasteiger partial charge in [-0.1, -0.05) is 17.8 Å². The summed E-state index contributed by atoms with van der Waals surface area (Å²) in [6.07, 6.45) is 5.65. The zero-order chi connectivity index (χ0) is 7.40. The van der Waals surface area contributed by atoms with E-state index in [1.54, 1.807) is 6.08 Å². The summed E-state index contributed by atoms with van der Waals surface area (Å²) in [4.78, 5) is 20.5. The van der Waals surface area contributed by atoms with Crippen molar-refractivity contribution in [2.24, 2.45) is 0 Å². The van der Waals surface area contributed by atoms with Crippen molar-refractivity contribution in [3.05, 3.63) is 12.2 Å². The second-order valence-electron chi connectivity index (χ2n) is 2.08. The number of carbonyl (C=O) groups is 2. The maximum absolute atomic E-state index is 10.6. The van der Waals surface area contributed by atoms with E-state index in [0.29, 0.717) is 6.42 Å². The van der Waals surface area contributed by atoms with E-state index in [9.17, 15) is 9.59 Å². The first-order chi connectivity index (χ1) is 4.83. The molecule has 0 fully saturated rings. The van der Waals surface area contributed by atoms with Crippen LogP contribution in [0.2, 0.25) is 0 Å². The molecule has 0 aromatic rings. The Hall–Kier alpha value is -0.570. The van der Waals surface area contributed by atoms with Crippen LogP contribution in [0.15, 0.2) is 12.2 Å². The van der Waals surface area contributed by atoms with Crippen LogP contribution in [-0.4, -0.2) is 16.7 Å². The van der Waals surface area contributed by atoms with Gasteiger partial charge >= 0.3 is 0 Å². The summed E-state index contributed by atoms with van der Waals surface area (Å²) >= 11 is 1.30. The van der Waals surface area contributed by atoms with E-state index in [2.05, 4.69) is 0 Å². The second-order valence-corrected chi connectivity index (χ2v) is 3.32. The number of carbonyl (C=O) groups excluding carboxylic acids is 2. The zero-order valence-electron chi connectivity index (χ0n) is 5.45. The van der Waals surface area contributed by atoms with Crippen LogP contribution in [0.1, 0.15) is 12.8 Å². The molecule has 0 bridgehead atoms. The Morgan fingerprint density at radius 2 is 2.50 bits per heavy atom. The number of hydrogen-bond donors (Lipinski definition) is 0. The van der Waals surface area contributed by atoms with Gasteiger partial charge in [-0.05, 0) is 12.5 Å². The first kappa shape index (κ1) is 7.54. The molecule has 1 heterocycles. The molecule has 2 nitrogen and oxygen atoms in total. The molecule has 1 aliphatic rings. The standard InChI is InChI=1S/C7H8O2S/c8-5-1-2-6-3-4-7(9)10-6/h3-6H,1-2H2. The molecule has 0 aliphatic carbocycles. The molecule has 1 rings (SSSR count). The zero-order valence-corrected chi connectivity index (χ0v) is 6.26. The van der Waals surface area contributed by atoms with Gasteiger partial charge in [0.2, 0.25) is 5.12 Å². The highest BCUT2D eigenvalue weighted by atomic mass is 32.2. The van der Waals surface area contributed by atoms with Crippen molar-refractivity contribution >= 4 is 23.2 Å². The maximum atomic E-state index is 10.6. The van der Waals surface area contributed by atoms with Crippen LogP contribution in [0.25, 0.3) is 0 Å². The van der Waals surface area contributed by atoms with Gasteiger partial charge in [-0.15, -0.1) is 0 Å². The van der Waals surface area contributed by atoms with Gasteiger partial charge in [-0.3, -0.25) is 4.79 Å². The van der Waals surface area contributed by atoms with E-state index in [4.69, 9.17) is 0 Å². The van der Waals surface area contributed by atoms with Crippen LogP contribution in [0.3, 0.4) is 0 Å². The molecular weight excluding hydrogens is 148 g/mol. The average molecular weight is 156 g/mol. The fourth-order valence-electron chi connectivity index (χ4n) is 0.801. The highest BCUT2D eigenvalue weighted by Crippen LogP contribution is 2.24. The van der Waals surface area contributed by atoms with Crippen LogP contribution in [0.4, 0.5) is 0 Å². The molecule has 0 aromatic heterocycles. The lowest BCUT2D eigenvalue weighted by Crippen LogP contribution is -1.95. The average Bonchev–Trinajstić information content (AvgIpc) is 2.31. The molecule has 3 heteroatoms. The predicted octanol–water partition coefficient (Wildman–Crippen LogP) is 1.16. The van der Waals surface area contributed by atoms with Crippen LogP contribution in [0, 0.1) is 0 Å². The summed E-state index contributed by atoms with van der Waals surface area (Å²) in [6.45, 7) is 0. The minimum Gasteiger partial charge on any atom is -0.303 e. The molecule has 0 N–H and O–H groups in total. The van der Waals surface area contributed by atoms with Crippen LogP contribution < -0.4 is 0 Å². The topological polar surface area (TPSA) is 34.1 Å². The van der Waals surface area contributed by atoms with Crippen LogP contribution in [0.5, 0.6) is 0 Å². The Morgan fingerprint density at radius 3 is 3.00 bits per heavy atom. The van der Waals surface area contributed by atoms with E-state index in [0.717, 1.165) is 12.7 Å². The molecule has 10 heavy (non-hydrogen) atoms. The fourth-order valence-corrected chi connectivity index (χ4v) is 1.67. The third-order valence-corrected chi connectivity index (χ3v) is 2.35. The van der Waals surface area contributed by atoms with Crippen molar-refractivity contribution in [2.75, 3.05) is 0 Å². The van der Waals surface area contributed by atoms with E-state index in [-0.39, 0.29) is 10.4 Å². The lowest BCUT2D eigenvalue weighted by molar-refractivity contribution is -0.108. The lowest BCUT2D eigenvalue weighted by Gasteiger charge is -1.99. The molecule has 1 atom stereocenters. The van der Waals surface area contributed by atoms with E-state index in [1.165, 1.54) is 11.8 Å². The van der Waals surface area contributed by atoms with Crippen molar-refractivity contribution in [1.82, 2.24) is 0 Å². The molecule has 0 amide bonds. The van der Waals surface area contributed by atoms with E-state index < -0.39 is 0 Å². The third-order valence-electron chi connectivity index (χ3n) is 1.28. The Balaban J connectivity index is 2.26. The third kappa shape index (κ3) is 1.99. The Morgan fingerprint density at radius 1 is 1.70 bits per heavy atom. The first-order valence-corrected chi connectivity index (χ1v) is 4.03. The summed E-state index contributed by atoms with van der Waals surface area (Å²) in [7, 11) is 0. The molecule has 54 valence electrons. The smallest absolute Gasteiger partial charge is 0.212 e. The number of rotatable bonds is 3. The molecule has 1 aliphatic heterocycles. The van der Waals surface area contributed by atoms with Crippen LogP contribution in [-0.2, 0) is 9.59 Å². The highest BCUT2D eigenvalue weighted by Gasteiger charge is 2.15. The van der Waals surface area contributed by atoms with Gasteiger partial charge in [-0.25, -0.2) is 0 Å². The first-order valence-electron chi connectivity index (χ1n) is 3.15. The highest BCUT2D eigenvalue weighted by molar-refractivity contribution is 8.15. The quantitative estimate of drug-likeness (QED) is 0.575. The largest absolute Gasteiger partial charge is 0.303 e. The predicted molar refractivity (Wildman–Crippen MR) is 40.8 cm³/mol. The Bertz CT molecular complexity index is 174. The number of hydrogen-bond acceptors (Lipinski definition) is 3. The molecule has 0 aromatic carbocycles. The number of aldehydes is 1. The number of thioether (sulfide) groups is 1. The molecule has 0 radical (unpaired) electrons. The van der Waals surface area contributed by atoms with Crippen molar-refractivity contribution < 1.29 is 9.59 Å². The molecular formula is C7H8O2S. The van der Waals surface area contributed by atoms with E-state index >= 15 is 0 Å². The Labute approximate surface area is 63.7 Å². The van der Waals surface area contributed by atoms with Crippen molar-refractivity contribution in [2.45, 2.75) is 18.1 Å². The van der Waals surface area contributed by atoms with Gasteiger partial charge in [0.25, 0.3) is 0 Å². The van der Waals surface area contributed by atoms with Gasteiger partial charge in [-0.2, -0.15) is 0 Å². The maximum Gasteiger partial charge on any atom is 0.212 e. The van der Waals surface area contributed by atoms with Gasteiger partial charge in [0.15, 0.2) is 0 Å². The monoisotopic (exact) mass is 156 g/mol. The lowest BCUT2D eigenvalue weighted by atomic mass is 10.2. The van der Waals surface area contributed by atoms with Crippen molar-refractivity contribution in [3.8, 4) is 0 Å². The van der Waals surface area contributed by atoms with Gasteiger partial charge in [0.1, 0.15) is 6.29 Å². The molecule has 1 unspecified atom stereocenters. The molecule has 0 saturated heterocycles. The summed E-state index contributed by atoms with van der Waals surface area (Å²) in [6, 6.07) is 0. The van der Waals surface area contributed by atoms with Gasteiger partial charge < -0.3 is 4.79 Å². The Kier molecular flexibility index (Phi) is 2.68. The van der Waals surface area contributed by atoms with E-state index in [1.807, 2.05) is 6.08 Å². The summed E-state index contributed by atoms with van der Waals surface area (Å²) in [5, 5.41) is 0.355. The summed E-state index contributed by atoms with van der Waals surface area (Å²) < 4.78 is 0. The minimum atomic E-state index is 0.107. The van der Waals surface area contributed by atoms with Gasteiger partial charge in [0.05, 0.1) is 0 Å². The van der Waals surface area contributed by atoms with Crippen molar-refractivity contribution in [1.29, 1.82) is 0 Å². The normalized spacial score (nSPS) is 23.6. The minimum absolute atomic E-state index is 0.107.